The van der Waals surface area contributed by atoms with Crippen molar-refractivity contribution in [3.05, 3.63) is 47.3 Å². The number of aryl methyl sites for hydroxylation is 3. The Balaban J connectivity index is 1.44. The summed E-state index contributed by atoms with van der Waals surface area (Å²) >= 11 is 0. The maximum atomic E-state index is 12.1. The van der Waals surface area contributed by atoms with Crippen LogP contribution in [0.4, 0.5) is 0 Å². The van der Waals surface area contributed by atoms with Crippen LogP contribution in [-0.2, 0) is 17.8 Å². The largest absolute Gasteiger partial charge is 0.491 e. The summed E-state index contributed by atoms with van der Waals surface area (Å²) in [4.78, 5) is 12.1. The second-order valence-electron chi connectivity index (χ2n) is 6.14. The van der Waals surface area contributed by atoms with E-state index in [4.69, 9.17) is 4.74 Å². The highest BCUT2D eigenvalue weighted by Gasteiger charge is 2.20. The molecule has 1 N–H and O–H groups in total. The summed E-state index contributed by atoms with van der Waals surface area (Å²) in [6, 6.07) is 10.1. The second kappa shape index (κ2) is 6.86. The fourth-order valence-electron chi connectivity index (χ4n) is 3.01. The molecule has 23 heavy (non-hydrogen) atoms. The van der Waals surface area contributed by atoms with Gasteiger partial charge < -0.3 is 10.1 Å². The number of nitrogens with one attached hydrogen (secondary N) is 1. The van der Waals surface area contributed by atoms with E-state index in [1.54, 1.807) is 0 Å². The molecule has 1 aliphatic rings. The van der Waals surface area contributed by atoms with Crippen LogP contribution >= 0.6 is 0 Å². The molecule has 2 aromatic rings. The van der Waals surface area contributed by atoms with E-state index in [1.807, 2.05) is 36.7 Å². The van der Waals surface area contributed by atoms with Crippen molar-refractivity contribution in [2.24, 2.45) is 0 Å². The molecule has 0 saturated carbocycles. The van der Waals surface area contributed by atoms with Gasteiger partial charge in [-0.25, -0.2) is 0 Å². The average molecular weight is 313 g/mol. The molecule has 0 fully saturated rings. The molecule has 2 heterocycles. The fourth-order valence-corrected chi connectivity index (χ4v) is 3.01. The maximum Gasteiger partial charge on any atom is 0.220 e. The van der Waals surface area contributed by atoms with Gasteiger partial charge in [0.25, 0.3) is 0 Å². The van der Waals surface area contributed by atoms with Crippen LogP contribution in [0.25, 0.3) is 0 Å². The molecular weight excluding hydrogens is 290 g/mol. The number of para-hydroxylation sites is 1. The SMILES string of the molecule is Cc1cc(C)n(CCCC(=O)NC2COc3ccccc3C2)n1. The first kappa shape index (κ1) is 15.6. The molecule has 5 heteroatoms. The molecule has 122 valence electrons. The zero-order valence-electron chi connectivity index (χ0n) is 13.7. The molecule has 5 nitrogen and oxygen atoms in total. The molecule has 0 radical (unpaired) electrons. The predicted octanol–water partition coefficient (Wildman–Crippen LogP) is 2.40. The molecule has 1 aliphatic heterocycles. The quantitative estimate of drug-likeness (QED) is 0.922. The minimum Gasteiger partial charge on any atom is -0.491 e. The third kappa shape index (κ3) is 3.92. The van der Waals surface area contributed by atoms with E-state index in [9.17, 15) is 4.79 Å². The number of carbonyl (C=O) groups excluding carboxylic acids is 1. The van der Waals surface area contributed by atoms with E-state index in [-0.39, 0.29) is 11.9 Å². The van der Waals surface area contributed by atoms with Gasteiger partial charge in [-0.15, -0.1) is 0 Å². The van der Waals surface area contributed by atoms with Gasteiger partial charge in [-0.05, 0) is 44.4 Å². The van der Waals surface area contributed by atoms with Crippen molar-refractivity contribution in [3.8, 4) is 5.75 Å². The maximum absolute atomic E-state index is 12.1. The molecule has 1 amide bonds. The van der Waals surface area contributed by atoms with E-state index in [0.717, 1.165) is 42.1 Å². The summed E-state index contributed by atoms with van der Waals surface area (Å²) in [5.74, 6) is 1.02. The standard InChI is InChI=1S/C18H23N3O2/c1-13-10-14(2)21(20-13)9-5-8-18(22)19-16-11-15-6-3-4-7-17(15)23-12-16/h3-4,6-7,10,16H,5,8-9,11-12H2,1-2H3,(H,19,22). The van der Waals surface area contributed by atoms with Crippen LogP contribution in [0.15, 0.2) is 30.3 Å². The Morgan fingerprint density at radius 1 is 1.39 bits per heavy atom. The highest BCUT2D eigenvalue weighted by atomic mass is 16.5. The Bertz CT molecular complexity index is 693. The number of rotatable bonds is 5. The summed E-state index contributed by atoms with van der Waals surface area (Å²) in [6.45, 7) is 5.34. The number of hydrogen-bond donors (Lipinski definition) is 1. The van der Waals surface area contributed by atoms with Gasteiger partial charge in [0, 0.05) is 18.7 Å². The van der Waals surface area contributed by atoms with Crippen LogP contribution < -0.4 is 10.1 Å². The van der Waals surface area contributed by atoms with E-state index >= 15 is 0 Å². The van der Waals surface area contributed by atoms with Gasteiger partial charge in [-0.1, -0.05) is 18.2 Å². The van der Waals surface area contributed by atoms with Crippen molar-refractivity contribution in [1.82, 2.24) is 15.1 Å². The summed E-state index contributed by atoms with van der Waals surface area (Å²) < 4.78 is 7.66. The normalized spacial score (nSPS) is 16.5. The van der Waals surface area contributed by atoms with Crippen LogP contribution in [-0.4, -0.2) is 28.3 Å². The molecule has 0 bridgehead atoms. The Morgan fingerprint density at radius 2 is 2.22 bits per heavy atom. The number of nitrogens with zero attached hydrogens (tertiary/aromatic N) is 2. The first-order valence-electron chi connectivity index (χ1n) is 8.13. The molecule has 0 saturated heterocycles. The third-order valence-corrected chi connectivity index (χ3v) is 4.12. The lowest BCUT2D eigenvalue weighted by Crippen LogP contribution is -2.42. The number of amides is 1. The zero-order valence-corrected chi connectivity index (χ0v) is 13.7. The molecule has 1 unspecified atom stereocenters. The number of hydrogen-bond acceptors (Lipinski definition) is 3. The summed E-state index contributed by atoms with van der Waals surface area (Å²) in [5, 5.41) is 7.48. The number of carbonyl (C=O) groups is 1. The molecule has 0 aliphatic carbocycles. The Kier molecular flexibility index (Phi) is 4.65. The van der Waals surface area contributed by atoms with Crippen molar-refractivity contribution in [2.45, 2.75) is 45.7 Å². The Hall–Kier alpha value is -2.30. The summed E-state index contributed by atoms with van der Waals surface area (Å²) in [5.41, 5.74) is 3.32. The number of fused-ring (bicyclic) bond motifs is 1. The highest BCUT2D eigenvalue weighted by molar-refractivity contribution is 5.76. The van der Waals surface area contributed by atoms with E-state index in [1.165, 1.54) is 0 Å². The molecule has 3 rings (SSSR count). The summed E-state index contributed by atoms with van der Waals surface area (Å²) in [7, 11) is 0. The zero-order chi connectivity index (χ0) is 16.2. The van der Waals surface area contributed by atoms with Crippen LogP contribution in [0.3, 0.4) is 0 Å². The van der Waals surface area contributed by atoms with Gasteiger partial charge in [0.1, 0.15) is 12.4 Å². The van der Waals surface area contributed by atoms with Crippen molar-refractivity contribution >= 4 is 5.91 Å². The van der Waals surface area contributed by atoms with Gasteiger partial charge in [0.15, 0.2) is 0 Å². The van der Waals surface area contributed by atoms with Crippen LogP contribution in [0.1, 0.15) is 29.8 Å². The molecule has 1 aromatic heterocycles. The van der Waals surface area contributed by atoms with Gasteiger partial charge >= 0.3 is 0 Å². The van der Waals surface area contributed by atoms with Gasteiger partial charge in [-0.2, -0.15) is 5.10 Å². The monoisotopic (exact) mass is 313 g/mol. The van der Waals surface area contributed by atoms with Crippen LogP contribution in [0.5, 0.6) is 5.75 Å². The molecule has 0 spiro atoms. The van der Waals surface area contributed by atoms with Gasteiger partial charge in [0.05, 0.1) is 11.7 Å². The van der Waals surface area contributed by atoms with Crippen LogP contribution in [0, 0.1) is 13.8 Å². The molecular formula is C18H23N3O2. The Labute approximate surface area is 136 Å². The lowest BCUT2D eigenvalue weighted by atomic mass is 10.0. The van der Waals surface area contributed by atoms with E-state index < -0.39 is 0 Å². The number of benzene rings is 1. The minimum absolute atomic E-state index is 0.0612. The molecule has 1 atom stereocenters. The Morgan fingerprint density at radius 3 is 3.00 bits per heavy atom. The van der Waals surface area contributed by atoms with Crippen molar-refractivity contribution in [3.63, 3.8) is 0 Å². The van der Waals surface area contributed by atoms with Crippen LogP contribution in [0.2, 0.25) is 0 Å². The first-order valence-corrected chi connectivity index (χ1v) is 8.13. The van der Waals surface area contributed by atoms with Gasteiger partial charge in [0.2, 0.25) is 5.91 Å². The minimum atomic E-state index is 0.0612. The summed E-state index contributed by atoms with van der Waals surface area (Å²) in [6.07, 6.45) is 2.13. The predicted molar refractivity (Wildman–Crippen MR) is 88.5 cm³/mol. The van der Waals surface area contributed by atoms with Gasteiger partial charge in [-0.3, -0.25) is 9.48 Å². The van der Waals surface area contributed by atoms with Crippen molar-refractivity contribution in [1.29, 1.82) is 0 Å². The molecule has 1 aromatic carbocycles. The van der Waals surface area contributed by atoms with Crippen molar-refractivity contribution in [2.75, 3.05) is 6.61 Å². The smallest absolute Gasteiger partial charge is 0.220 e. The lowest BCUT2D eigenvalue weighted by molar-refractivity contribution is -0.122. The van der Waals surface area contributed by atoms with Crippen molar-refractivity contribution < 1.29 is 9.53 Å². The second-order valence-corrected chi connectivity index (χ2v) is 6.14. The highest BCUT2D eigenvalue weighted by Crippen LogP contribution is 2.23. The fraction of sp³-hybridized carbons (Fsp3) is 0.444. The number of aromatic nitrogens is 2. The van der Waals surface area contributed by atoms with E-state index in [0.29, 0.717) is 13.0 Å². The first-order chi connectivity index (χ1) is 11.1. The topological polar surface area (TPSA) is 56.2 Å². The van der Waals surface area contributed by atoms with E-state index in [2.05, 4.69) is 22.5 Å². The average Bonchev–Trinajstić information content (AvgIpc) is 2.85. The lowest BCUT2D eigenvalue weighted by Gasteiger charge is -2.26. The third-order valence-electron chi connectivity index (χ3n) is 4.12. The number of ether oxygens (including phenoxy) is 1.